The van der Waals surface area contributed by atoms with Crippen LogP contribution in [-0.4, -0.2) is 33.4 Å². The highest BCUT2D eigenvalue weighted by Crippen LogP contribution is 2.26. The van der Waals surface area contributed by atoms with Crippen LogP contribution in [0.5, 0.6) is 0 Å². The number of halogens is 2. The SMILES string of the molecule is CCOC(=O)c1ccc(NC(=O)CN(c2ccc(Br)cc2)S(=O)(=O)c2ccccc2)cc1Cl. The molecule has 172 valence electrons. The van der Waals surface area contributed by atoms with Gasteiger partial charge in [0.1, 0.15) is 6.54 Å². The van der Waals surface area contributed by atoms with Crippen molar-refractivity contribution in [1.82, 2.24) is 0 Å². The van der Waals surface area contributed by atoms with Crippen LogP contribution in [0.15, 0.2) is 82.2 Å². The zero-order chi connectivity index (χ0) is 24.0. The zero-order valence-electron chi connectivity index (χ0n) is 17.5. The van der Waals surface area contributed by atoms with E-state index in [9.17, 15) is 18.0 Å². The fraction of sp³-hybridized carbons (Fsp3) is 0.130. The molecule has 0 atom stereocenters. The zero-order valence-corrected chi connectivity index (χ0v) is 20.7. The fourth-order valence-corrected chi connectivity index (χ4v) is 4.90. The Kier molecular flexibility index (Phi) is 8.12. The van der Waals surface area contributed by atoms with Crippen LogP contribution in [0.25, 0.3) is 0 Å². The van der Waals surface area contributed by atoms with Gasteiger partial charge in [0.25, 0.3) is 10.0 Å². The van der Waals surface area contributed by atoms with Crippen molar-refractivity contribution in [3.8, 4) is 0 Å². The maximum atomic E-state index is 13.3. The summed E-state index contributed by atoms with van der Waals surface area (Å²) in [5.74, 6) is -1.16. The van der Waals surface area contributed by atoms with Gasteiger partial charge in [0, 0.05) is 10.2 Å². The third-order valence-electron chi connectivity index (χ3n) is 4.48. The summed E-state index contributed by atoms with van der Waals surface area (Å²) in [4.78, 5) is 24.8. The van der Waals surface area contributed by atoms with E-state index in [2.05, 4.69) is 21.2 Å². The average Bonchev–Trinajstić information content (AvgIpc) is 2.79. The number of hydrogen-bond acceptors (Lipinski definition) is 5. The molecular weight excluding hydrogens is 532 g/mol. The van der Waals surface area contributed by atoms with Crippen LogP contribution in [0.1, 0.15) is 17.3 Å². The van der Waals surface area contributed by atoms with E-state index in [1.807, 2.05) is 0 Å². The van der Waals surface area contributed by atoms with Crippen LogP contribution in [0, 0.1) is 0 Å². The second-order valence-corrected chi connectivity index (χ2v) is 9.95. The molecule has 0 saturated carbocycles. The molecule has 3 rings (SSSR count). The number of nitrogens with zero attached hydrogens (tertiary/aromatic N) is 1. The molecule has 0 bridgehead atoms. The Labute approximate surface area is 205 Å². The molecule has 1 N–H and O–H groups in total. The molecular formula is C23H20BrClN2O5S. The highest BCUT2D eigenvalue weighted by atomic mass is 79.9. The van der Waals surface area contributed by atoms with Crippen molar-refractivity contribution in [1.29, 1.82) is 0 Å². The van der Waals surface area contributed by atoms with E-state index >= 15 is 0 Å². The van der Waals surface area contributed by atoms with E-state index in [0.29, 0.717) is 11.4 Å². The van der Waals surface area contributed by atoms with E-state index in [4.69, 9.17) is 16.3 Å². The highest BCUT2D eigenvalue weighted by Gasteiger charge is 2.27. The van der Waals surface area contributed by atoms with Gasteiger partial charge in [-0.3, -0.25) is 9.10 Å². The summed E-state index contributed by atoms with van der Waals surface area (Å²) in [6, 6.07) is 18.8. The molecule has 1 amide bonds. The van der Waals surface area contributed by atoms with Gasteiger partial charge in [0.2, 0.25) is 5.91 Å². The van der Waals surface area contributed by atoms with E-state index < -0.39 is 28.4 Å². The minimum atomic E-state index is -4.02. The molecule has 0 fully saturated rings. The summed E-state index contributed by atoms with van der Waals surface area (Å²) < 4.78 is 33.3. The maximum Gasteiger partial charge on any atom is 0.339 e. The van der Waals surface area contributed by atoms with Gasteiger partial charge >= 0.3 is 5.97 Å². The van der Waals surface area contributed by atoms with Crippen LogP contribution in [0.3, 0.4) is 0 Å². The molecule has 3 aromatic rings. The van der Waals surface area contributed by atoms with E-state index in [1.54, 1.807) is 49.4 Å². The van der Waals surface area contributed by atoms with E-state index in [-0.39, 0.29) is 22.1 Å². The standard InChI is InChI=1S/C23H20BrClN2O5S/c1-2-32-23(29)20-13-10-17(14-21(20)25)26-22(28)15-27(18-11-8-16(24)9-12-18)33(30,31)19-6-4-3-5-7-19/h3-14H,2,15H2,1H3,(H,26,28). The Morgan fingerprint density at radius 2 is 1.70 bits per heavy atom. The first-order chi connectivity index (χ1) is 15.7. The average molecular weight is 552 g/mol. The van der Waals surface area contributed by atoms with Gasteiger partial charge in [0.05, 0.1) is 27.8 Å². The van der Waals surface area contributed by atoms with Crippen molar-refractivity contribution in [2.45, 2.75) is 11.8 Å². The second-order valence-electron chi connectivity index (χ2n) is 6.76. The van der Waals surface area contributed by atoms with Crippen molar-refractivity contribution in [3.63, 3.8) is 0 Å². The molecule has 7 nitrogen and oxygen atoms in total. The molecule has 0 aliphatic carbocycles. The summed E-state index contributed by atoms with van der Waals surface area (Å²) in [6.45, 7) is 1.41. The van der Waals surface area contributed by atoms with Crippen molar-refractivity contribution in [2.24, 2.45) is 0 Å². The predicted octanol–water partition coefficient (Wildman–Crippen LogP) is 5.11. The Morgan fingerprint density at radius 1 is 1.03 bits per heavy atom. The molecule has 0 aliphatic rings. The number of benzene rings is 3. The monoisotopic (exact) mass is 550 g/mol. The van der Waals surface area contributed by atoms with E-state index in [1.165, 1.54) is 30.3 Å². The van der Waals surface area contributed by atoms with Crippen molar-refractivity contribution in [2.75, 3.05) is 22.8 Å². The minimum absolute atomic E-state index is 0.0579. The van der Waals surface area contributed by atoms with Crippen LogP contribution < -0.4 is 9.62 Å². The molecule has 3 aromatic carbocycles. The Bertz CT molecular complexity index is 1250. The number of hydrogen-bond donors (Lipinski definition) is 1. The van der Waals surface area contributed by atoms with Gasteiger partial charge < -0.3 is 10.1 Å². The summed E-state index contributed by atoms with van der Waals surface area (Å²) in [5.41, 5.74) is 0.804. The first kappa shape index (κ1) is 24.8. The number of carbonyl (C=O) groups excluding carboxylic acids is 2. The fourth-order valence-electron chi connectivity index (χ4n) is 2.94. The number of carbonyl (C=O) groups is 2. The molecule has 0 radical (unpaired) electrons. The lowest BCUT2D eigenvalue weighted by Crippen LogP contribution is -2.38. The van der Waals surface area contributed by atoms with Gasteiger partial charge in [0.15, 0.2) is 0 Å². The summed E-state index contributed by atoms with van der Waals surface area (Å²) in [7, 11) is -4.02. The smallest absolute Gasteiger partial charge is 0.339 e. The minimum Gasteiger partial charge on any atom is -0.462 e. The van der Waals surface area contributed by atoms with Crippen molar-refractivity contribution >= 4 is 60.8 Å². The van der Waals surface area contributed by atoms with Crippen molar-refractivity contribution < 1.29 is 22.7 Å². The molecule has 33 heavy (non-hydrogen) atoms. The van der Waals surface area contributed by atoms with E-state index in [0.717, 1.165) is 8.78 Å². The lowest BCUT2D eigenvalue weighted by molar-refractivity contribution is -0.114. The predicted molar refractivity (Wildman–Crippen MR) is 131 cm³/mol. The maximum absolute atomic E-state index is 13.3. The summed E-state index contributed by atoms with van der Waals surface area (Å²) >= 11 is 9.47. The summed E-state index contributed by atoms with van der Waals surface area (Å²) in [6.07, 6.45) is 0. The lowest BCUT2D eigenvalue weighted by Gasteiger charge is -2.24. The number of esters is 1. The lowest BCUT2D eigenvalue weighted by atomic mass is 10.2. The Morgan fingerprint density at radius 3 is 2.30 bits per heavy atom. The first-order valence-corrected chi connectivity index (χ1v) is 12.4. The number of ether oxygens (including phenoxy) is 1. The largest absolute Gasteiger partial charge is 0.462 e. The van der Waals surface area contributed by atoms with Crippen LogP contribution in [0.2, 0.25) is 5.02 Å². The van der Waals surface area contributed by atoms with Gasteiger partial charge in [-0.1, -0.05) is 45.7 Å². The molecule has 0 aliphatic heterocycles. The summed E-state index contributed by atoms with van der Waals surface area (Å²) in [5, 5.41) is 2.73. The van der Waals surface area contributed by atoms with Gasteiger partial charge in [-0.05, 0) is 61.5 Å². The van der Waals surface area contributed by atoms with Gasteiger partial charge in [-0.25, -0.2) is 13.2 Å². The normalized spacial score (nSPS) is 11.0. The van der Waals surface area contributed by atoms with Gasteiger partial charge in [-0.2, -0.15) is 0 Å². The number of nitrogens with one attached hydrogen (secondary N) is 1. The van der Waals surface area contributed by atoms with Crippen molar-refractivity contribution in [3.05, 3.63) is 87.9 Å². The van der Waals surface area contributed by atoms with Crippen LogP contribution in [-0.2, 0) is 19.6 Å². The molecule has 0 spiro atoms. The highest BCUT2D eigenvalue weighted by molar-refractivity contribution is 9.10. The number of rotatable bonds is 8. The first-order valence-electron chi connectivity index (χ1n) is 9.82. The third-order valence-corrected chi connectivity index (χ3v) is 7.11. The molecule has 0 aromatic heterocycles. The molecule has 0 heterocycles. The topological polar surface area (TPSA) is 92.8 Å². The third kappa shape index (κ3) is 6.13. The molecule has 10 heteroatoms. The quantitative estimate of drug-likeness (QED) is 0.393. The number of sulfonamides is 1. The number of amides is 1. The second kappa shape index (κ2) is 10.8. The van der Waals surface area contributed by atoms with Crippen LogP contribution in [0.4, 0.5) is 11.4 Å². The number of anilines is 2. The van der Waals surface area contributed by atoms with Crippen LogP contribution >= 0.6 is 27.5 Å². The molecule has 0 saturated heterocycles. The molecule has 0 unspecified atom stereocenters. The van der Waals surface area contributed by atoms with Gasteiger partial charge in [-0.15, -0.1) is 0 Å². The Hall–Kier alpha value is -2.88. The Balaban J connectivity index is 1.86.